The minimum atomic E-state index is -0.0877. The predicted molar refractivity (Wildman–Crippen MR) is 93.5 cm³/mol. The molecule has 8 heteroatoms. The highest BCUT2D eigenvalue weighted by molar-refractivity contribution is 6.33. The van der Waals surface area contributed by atoms with Crippen molar-refractivity contribution < 1.29 is 9.21 Å². The summed E-state index contributed by atoms with van der Waals surface area (Å²) < 4.78 is 7.12. The molecule has 0 bridgehead atoms. The van der Waals surface area contributed by atoms with Crippen molar-refractivity contribution in [2.24, 2.45) is 5.92 Å². The molecule has 0 saturated carbocycles. The summed E-state index contributed by atoms with van der Waals surface area (Å²) in [5, 5.41) is 11.9. The third kappa shape index (κ3) is 3.19. The lowest BCUT2D eigenvalue weighted by Gasteiger charge is -2.31. The number of nitrogens with zero attached hydrogens (tertiary/aromatic N) is 4. The Labute approximate surface area is 149 Å². The molecule has 0 aliphatic carbocycles. The molecular formula is C17H18ClN5O2. The topological polar surface area (TPSA) is 75.7 Å². The van der Waals surface area contributed by atoms with E-state index in [0.29, 0.717) is 23.8 Å². The second kappa shape index (κ2) is 6.76. The van der Waals surface area contributed by atoms with Gasteiger partial charge >= 0.3 is 0 Å². The van der Waals surface area contributed by atoms with Gasteiger partial charge in [-0.25, -0.2) is 0 Å². The van der Waals surface area contributed by atoms with Gasteiger partial charge in [0.1, 0.15) is 5.76 Å². The molecule has 4 heterocycles. The second-order valence-electron chi connectivity index (χ2n) is 6.13. The Bertz CT molecular complexity index is 876. The number of halogens is 1. The van der Waals surface area contributed by atoms with Crippen molar-refractivity contribution >= 4 is 29.1 Å². The molecule has 25 heavy (non-hydrogen) atoms. The van der Waals surface area contributed by atoms with Crippen LogP contribution in [-0.2, 0) is 11.3 Å². The van der Waals surface area contributed by atoms with E-state index in [2.05, 4.69) is 20.4 Å². The van der Waals surface area contributed by atoms with E-state index in [1.165, 1.54) is 0 Å². The van der Waals surface area contributed by atoms with Crippen molar-refractivity contribution in [1.82, 2.24) is 19.9 Å². The molecule has 3 aromatic heterocycles. The van der Waals surface area contributed by atoms with Gasteiger partial charge in [0.05, 0.1) is 23.7 Å². The second-order valence-corrected chi connectivity index (χ2v) is 6.54. The zero-order valence-corrected chi connectivity index (χ0v) is 14.3. The van der Waals surface area contributed by atoms with Gasteiger partial charge in [-0.3, -0.25) is 9.20 Å². The molecule has 0 spiro atoms. The van der Waals surface area contributed by atoms with E-state index in [0.717, 1.165) is 31.1 Å². The number of pyridine rings is 1. The van der Waals surface area contributed by atoms with Gasteiger partial charge in [-0.1, -0.05) is 11.6 Å². The van der Waals surface area contributed by atoms with E-state index in [4.69, 9.17) is 16.0 Å². The van der Waals surface area contributed by atoms with Crippen LogP contribution in [0.25, 0.3) is 5.65 Å². The molecule has 0 aromatic carbocycles. The van der Waals surface area contributed by atoms with Gasteiger partial charge in [-0.2, -0.15) is 0 Å². The Morgan fingerprint density at radius 1 is 1.36 bits per heavy atom. The summed E-state index contributed by atoms with van der Waals surface area (Å²) in [5.74, 6) is 1.42. The van der Waals surface area contributed by atoms with Crippen molar-refractivity contribution in [2.75, 3.05) is 18.0 Å². The molecule has 7 nitrogen and oxygen atoms in total. The molecule has 3 aromatic rings. The summed E-state index contributed by atoms with van der Waals surface area (Å²) in [7, 11) is 0. The Kier molecular flexibility index (Phi) is 4.31. The SMILES string of the molecule is O=C(NCc1ccco1)[C@H]1CCCN(c2nnc3c(Cl)cccn23)C1. The molecule has 4 rings (SSSR count). The number of rotatable bonds is 4. The fraction of sp³-hybridized carbons (Fsp3) is 0.353. The van der Waals surface area contributed by atoms with Gasteiger partial charge in [0.15, 0.2) is 5.65 Å². The quantitative estimate of drug-likeness (QED) is 0.774. The molecule has 0 radical (unpaired) electrons. The van der Waals surface area contributed by atoms with Crippen molar-refractivity contribution in [3.8, 4) is 0 Å². The Balaban J connectivity index is 1.46. The van der Waals surface area contributed by atoms with Crippen LogP contribution < -0.4 is 10.2 Å². The highest BCUT2D eigenvalue weighted by Crippen LogP contribution is 2.25. The van der Waals surface area contributed by atoms with Crippen LogP contribution in [0.5, 0.6) is 0 Å². The van der Waals surface area contributed by atoms with Crippen LogP contribution in [0.2, 0.25) is 5.02 Å². The fourth-order valence-electron chi connectivity index (χ4n) is 3.19. The summed E-state index contributed by atoms with van der Waals surface area (Å²) in [6.45, 7) is 1.86. The number of anilines is 1. The normalized spacial score (nSPS) is 17.8. The Morgan fingerprint density at radius 2 is 2.28 bits per heavy atom. The maximum atomic E-state index is 12.5. The Hall–Kier alpha value is -2.54. The summed E-state index contributed by atoms with van der Waals surface area (Å²) >= 11 is 6.16. The van der Waals surface area contributed by atoms with E-state index in [1.54, 1.807) is 12.3 Å². The number of hydrogen-bond acceptors (Lipinski definition) is 5. The first kappa shape index (κ1) is 16.0. The third-order valence-electron chi connectivity index (χ3n) is 4.46. The fourth-order valence-corrected chi connectivity index (χ4v) is 3.39. The van der Waals surface area contributed by atoms with E-state index in [1.807, 2.05) is 28.8 Å². The Morgan fingerprint density at radius 3 is 3.12 bits per heavy atom. The van der Waals surface area contributed by atoms with Crippen molar-refractivity contribution in [3.05, 3.63) is 47.5 Å². The number of furan rings is 1. The largest absolute Gasteiger partial charge is 0.467 e. The average molecular weight is 360 g/mol. The minimum Gasteiger partial charge on any atom is -0.467 e. The number of nitrogens with one attached hydrogen (secondary N) is 1. The van der Waals surface area contributed by atoms with Crippen molar-refractivity contribution in [1.29, 1.82) is 0 Å². The van der Waals surface area contributed by atoms with E-state index in [-0.39, 0.29) is 11.8 Å². The highest BCUT2D eigenvalue weighted by atomic mass is 35.5. The number of fused-ring (bicyclic) bond motifs is 1. The van der Waals surface area contributed by atoms with Crippen LogP contribution in [0, 0.1) is 5.92 Å². The summed E-state index contributed by atoms with van der Waals surface area (Å²) in [4.78, 5) is 14.6. The predicted octanol–water partition coefficient (Wildman–Crippen LogP) is 2.51. The zero-order chi connectivity index (χ0) is 17.2. The monoisotopic (exact) mass is 359 g/mol. The first-order valence-electron chi connectivity index (χ1n) is 8.26. The molecule has 1 aliphatic rings. The molecular weight excluding hydrogens is 342 g/mol. The average Bonchev–Trinajstić information content (AvgIpc) is 3.30. The van der Waals surface area contributed by atoms with E-state index in [9.17, 15) is 4.79 Å². The van der Waals surface area contributed by atoms with E-state index < -0.39 is 0 Å². The van der Waals surface area contributed by atoms with Crippen LogP contribution in [0.1, 0.15) is 18.6 Å². The summed E-state index contributed by atoms with van der Waals surface area (Å²) in [5.41, 5.74) is 0.628. The first-order valence-corrected chi connectivity index (χ1v) is 8.64. The smallest absolute Gasteiger partial charge is 0.231 e. The first-order chi connectivity index (χ1) is 12.2. The van der Waals surface area contributed by atoms with Gasteiger partial charge in [-0.05, 0) is 37.1 Å². The van der Waals surface area contributed by atoms with E-state index >= 15 is 0 Å². The highest BCUT2D eigenvalue weighted by Gasteiger charge is 2.28. The van der Waals surface area contributed by atoms with Crippen LogP contribution in [0.3, 0.4) is 0 Å². The van der Waals surface area contributed by atoms with Crippen LogP contribution >= 0.6 is 11.6 Å². The maximum absolute atomic E-state index is 12.5. The lowest BCUT2D eigenvalue weighted by atomic mass is 9.97. The van der Waals surface area contributed by atoms with Gasteiger partial charge in [-0.15, -0.1) is 10.2 Å². The maximum Gasteiger partial charge on any atom is 0.231 e. The van der Waals surface area contributed by atoms with Crippen LogP contribution in [-0.4, -0.2) is 33.6 Å². The molecule has 0 unspecified atom stereocenters. The number of piperidine rings is 1. The number of carbonyl (C=O) groups is 1. The molecule has 1 fully saturated rings. The molecule has 130 valence electrons. The van der Waals surface area contributed by atoms with Crippen molar-refractivity contribution in [3.63, 3.8) is 0 Å². The number of hydrogen-bond donors (Lipinski definition) is 1. The van der Waals surface area contributed by atoms with Gasteiger partial charge in [0, 0.05) is 19.3 Å². The number of amides is 1. The lowest BCUT2D eigenvalue weighted by Crippen LogP contribution is -2.43. The molecule has 1 amide bonds. The van der Waals surface area contributed by atoms with Gasteiger partial charge in [0.2, 0.25) is 11.9 Å². The van der Waals surface area contributed by atoms with Gasteiger partial charge in [0.25, 0.3) is 0 Å². The van der Waals surface area contributed by atoms with Crippen LogP contribution in [0.15, 0.2) is 41.1 Å². The number of aromatic nitrogens is 3. The van der Waals surface area contributed by atoms with Crippen molar-refractivity contribution in [2.45, 2.75) is 19.4 Å². The molecule has 1 saturated heterocycles. The number of carbonyl (C=O) groups excluding carboxylic acids is 1. The lowest BCUT2D eigenvalue weighted by molar-refractivity contribution is -0.125. The third-order valence-corrected chi connectivity index (χ3v) is 4.76. The van der Waals surface area contributed by atoms with Crippen LogP contribution in [0.4, 0.5) is 5.95 Å². The molecule has 1 aliphatic heterocycles. The minimum absolute atomic E-state index is 0.0351. The van der Waals surface area contributed by atoms with Gasteiger partial charge < -0.3 is 14.6 Å². The molecule has 1 atom stereocenters. The summed E-state index contributed by atoms with van der Waals surface area (Å²) in [6, 6.07) is 7.31. The zero-order valence-electron chi connectivity index (χ0n) is 13.6. The standard InChI is InChI=1S/C17H18ClN5O2/c18-14-6-2-8-23-15(14)20-21-17(23)22-7-1-4-12(11-22)16(24)19-10-13-5-3-9-25-13/h2-3,5-6,8-9,12H,1,4,7,10-11H2,(H,19,24)/t12-/m0/s1. The summed E-state index contributed by atoms with van der Waals surface area (Å²) in [6.07, 6.45) is 5.27. The molecule has 1 N–H and O–H groups in total.